The number of aryl methyl sites for hydroxylation is 1. The SMILES string of the molecule is CCOC(=O)N1CCN(C(=O)c2ccc(OC)c(CC)c2)CC1. The summed E-state index contributed by atoms with van der Waals surface area (Å²) >= 11 is 0. The average Bonchev–Trinajstić information content (AvgIpc) is 2.60. The van der Waals surface area contributed by atoms with Gasteiger partial charge in [-0.15, -0.1) is 0 Å². The highest BCUT2D eigenvalue weighted by Gasteiger charge is 2.25. The molecule has 0 atom stereocenters. The minimum Gasteiger partial charge on any atom is -0.496 e. The molecule has 2 amide bonds. The van der Waals surface area contributed by atoms with E-state index in [0.717, 1.165) is 17.7 Å². The van der Waals surface area contributed by atoms with Gasteiger partial charge in [-0.1, -0.05) is 6.92 Å². The molecule has 0 unspecified atom stereocenters. The van der Waals surface area contributed by atoms with Crippen LogP contribution in [0.3, 0.4) is 0 Å². The van der Waals surface area contributed by atoms with Gasteiger partial charge in [0.05, 0.1) is 13.7 Å². The Morgan fingerprint density at radius 3 is 2.30 bits per heavy atom. The molecule has 0 saturated carbocycles. The second kappa shape index (κ2) is 7.85. The minimum atomic E-state index is -0.308. The van der Waals surface area contributed by atoms with Gasteiger partial charge >= 0.3 is 6.09 Å². The first-order valence-electron chi connectivity index (χ1n) is 7.98. The van der Waals surface area contributed by atoms with E-state index in [1.165, 1.54) is 0 Å². The van der Waals surface area contributed by atoms with Gasteiger partial charge in [-0.3, -0.25) is 4.79 Å². The van der Waals surface area contributed by atoms with Gasteiger partial charge in [-0.2, -0.15) is 0 Å². The maximum Gasteiger partial charge on any atom is 0.409 e. The summed E-state index contributed by atoms with van der Waals surface area (Å²) in [5.41, 5.74) is 1.68. The number of hydrogen-bond acceptors (Lipinski definition) is 4. The van der Waals surface area contributed by atoms with Crippen molar-refractivity contribution in [2.24, 2.45) is 0 Å². The van der Waals surface area contributed by atoms with Crippen LogP contribution in [-0.2, 0) is 11.2 Å². The Bertz CT molecular complexity index is 566. The first-order chi connectivity index (χ1) is 11.1. The maximum atomic E-state index is 12.6. The normalized spacial score (nSPS) is 14.6. The van der Waals surface area contributed by atoms with E-state index in [4.69, 9.17) is 9.47 Å². The second-order valence-corrected chi connectivity index (χ2v) is 5.36. The second-order valence-electron chi connectivity index (χ2n) is 5.36. The predicted molar refractivity (Wildman–Crippen MR) is 86.9 cm³/mol. The fourth-order valence-corrected chi connectivity index (χ4v) is 2.68. The molecular formula is C17H24N2O4. The number of ether oxygens (including phenoxy) is 2. The zero-order valence-corrected chi connectivity index (χ0v) is 14.0. The van der Waals surface area contributed by atoms with Crippen LogP contribution in [0.1, 0.15) is 29.8 Å². The highest BCUT2D eigenvalue weighted by molar-refractivity contribution is 5.94. The molecule has 1 saturated heterocycles. The lowest BCUT2D eigenvalue weighted by Crippen LogP contribution is -2.50. The first kappa shape index (κ1) is 17.1. The van der Waals surface area contributed by atoms with E-state index in [0.29, 0.717) is 38.3 Å². The fourth-order valence-electron chi connectivity index (χ4n) is 2.68. The molecule has 0 spiro atoms. The van der Waals surface area contributed by atoms with Crippen molar-refractivity contribution in [1.82, 2.24) is 9.80 Å². The Kier molecular flexibility index (Phi) is 5.84. The van der Waals surface area contributed by atoms with Crippen molar-refractivity contribution in [2.45, 2.75) is 20.3 Å². The molecule has 0 aromatic heterocycles. The van der Waals surface area contributed by atoms with E-state index >= 15 is 0 Å². The van der Waals surface area contributed by atoms with E-state index < -0.39 is 0 Å². The summed E-state index contributed by atoms with van der Waals surface area (Å²) in [6, 6.07) is 5.51. The van der Waals surface area contributed by atoms with Crippen molar-refractivity contribution in [3.8, 4) is 5.75 Å². The Balaban J connectivity index is 2.01. The molecule has 1 aliphatic rings. The standard InChI is InChI=1S/C17H24N2O4/c1-4-13-12-14(6-7-15(13)22-3)16(20)18-8-10-19(11-9-18)17(21)23-5-2/h6-7,12H,4-5,8-11H2,1-3H3. The number of benzene rings is 1. The Morgan fingerprint density at radius 1 is 1.09 bits per heavy atom. The zero-order chi connectivity index (χ0) is 16.8. The number of hydrogen-bond donors (Lipinski definition) is 0. The van der Waals surface area contributed by atoms with Gasteiger partial charge in [-0.25, -0.2) is 4.79 Å². The van der Waals surface area contributed by atoms with Crippen molar-refractivity contribution in [3.63, 3.8) is 0 Å². The number of carbonyl (C=O) groups is 2. The molecule has 0 aliphatic carbocycles. The Morgan fingerprint density at radius 2 is 1.74 bits per heavy atom. The van der Waals surface area contributed by atoms with Crippen molar-refractivity contribution in [1.29, 1.82) is 0 Å². The van der Waals surface area contributed by atoms with Crippen LogP contribution in [-0.4, -0.2) is 61.7 Å². The lowest BCUT2D eigenvalue weighted by atomic mass is 10.1. The first-order valence-corrected chi connectivity index (χ1v) is 7.98. The third-order valence-electron chi connectivity index (χ3n) is 4.00. The predicted octanol–water partition coefficient (Wildman–Crippen LogP) is 2.17. The van der Waals surface area contributed by atoms with Crippen LogP contribution in [0.5, 0.6) is 5.75 Å². The summed E-state index contributed by atoms with van der Waals surface area (Å²) in [4.78, 5) is 27.7. The molecular weight excluding hydrogens is 296 g/mol. The van der Waals surface area contributed by atoms with Crippen LogP contribution < -0.4 is 4.74 Å². The largest absolute Gasteiger partial charge is 0.496 e. The fraction of sp³-hybridized carbons (Fsp3) is 0.529. The maximum absolute atomic E-state index is 12.6. The van der Waals surface area contributed by atoms with E-state index in [1.54, 1.807) is 29.9 Å². The molecule has 0 radical (unpaired) electrons. The molecule has 6 heteroatoms. The lowest BCUT2D eigenvalue weighted by Gasteiger charge is -2.34. The molecule has 1 heterocycles. The van der Waals surface area contributed by atoms with Crippen LogP contribution in [0, 0.1) is 0 Å². The Hall–Kier alpha value is -2.24. The summed E-state index contributed by atoms with van der Waals surface area (Å²) in [6.45, 7) is 6.22. The average molecular weight is 320 g/mol. The van der Waals surface area contributed by atoms with Crippen molar-refractivity contribution in [3.05, 3.63) is 29.3 Å². The topological polar surface area (TPSA) is 59.1 Å². The molecule has 0 bridgehead atoms. The molecule has 2 rings (SSSR count). The number of piperazine rings is 1. The van der Waals surface area contributed by atoms with Gasteiger partial charge in [0.1, 0.15) is 5.75 Å². The summed E-state index contributed by atoms with van der Waals surface area (Å²) in [5, 5.41) is 0. The smallest absolute Gasteiger partial charge is 0.409 e. The van der Waals surface area contributed by atoms with Crippen LogP contribution in [0.2, 0.25) is 0 Å². The quantitative estimate of drug-likeness (QED) is 0.853. The van der Waals surface area contributed by atoms with Crippen molar-refractivity contribution in [2.75, 3.05) is 39.9 Å². The van der Waals surface area contributed by atoms with E-state index in [1.807, 2.05) is 19.1 Å². The van der Waals surface area contributed by atoms with Gasteiger partial charge in [0.2, 0.25) is 0 Å². The highest BCUT2D eigenvalue weighted by Crippen LogP contribution is 2.21. The summed E-state index contributed by atoms with van der Waals surface area (Å²) < 4.78 is 10.3. The van der Waals surface area contributed by atoms with Crippen LogP contribution >= 0.6 is 0 Å². The zero-order valence-electron chi connectivity index (χ0n) is 14.0. The van der Waals surface area contributed by atoms with E-state index in [9.17, 15) is 9.59 Å². The number of nitrogens with zero attached hydrogens (tertiary/aromatic N) is 2. The Labute approximate surface area is 137 Å². The molecule has 0 N–H and O–H groups in total. The molecule has 6 nitrogen and oxygen atoms in total. The van der Waals surface area contributed by atoms with Crippen molar-refractivity contribution >= 4 is 12.0 Å². The van der Waals surface area contributed by atoms with Gasteiger partial charge in [-0.05, 0) is 37.1 Å². The number of carbonyl (C=O) groups excluding carboxylic acids is 2. The van der Waals surface area contributed by atoms with E-state index in [2.05, 4.69) is 0 Å². The van der Waals surface area contributed by atoms with Crippen LogP contribution in [0.25, 0.3) is 0 Å². The number of amides is 2. The summed E-state index contributed by atoms with van der Waals surface area (Å²) in [7, 11) is 1.63. The summed E-state index contributed by atoms with van der Waals surface area (Å²) in [5.74, 6) is 0.794. The number of methoxy groups -OCH3 is 1. The molecule has 1 fully saturated rings. The number of rotatable bonds is 4. The van der Waals surface area contributed by atoms with Gasteiger partial charge in [0.25, 0.3) is 5.91 Å². The van der Waals surface area contributed by atoms with Crippen molar-refractivity contribution < 1.29 is 19.1 Å². The molecule has 1 aromatic carbocycles. The molecule has 23 heavy (non-hydrogen) atoms. The molecule has 1 aromatic rings. The third kappa shape index (κ3) is 3.94. The third-order valence-corrected chi connectivity index (χ3v) is 4.00. The summed E-state index contributed by atoms with van der Waals surface area (Å²) in [6.07, 6.45) is 0.498. The molecule has 126 valence electrons. The highest BCUT2D eigenvalue weighted by atomic mass is 16.6. The monoisotopic (exact) mass is 320 g/mol. The minimum absolute atomic E-state index is 0.00846. The van der Waals surface area contributed by atoms with Crippen LogP contribution in [0.15, 0.2) is 18.2 Å². The van der Waals surface area contributed by atoms with Gasteiger partial charge in [0.15, 0.2) is 0 Å². The lowest BCUT2D eigenvalue weighted by molar-refractivity contribution is 0.0570. The molecule has 1 aliphatic heterocycles. The van der Waals surface area contributed by atoms with Gasteiger partial charge < -0.3 is 19.3 Å². The van der Waals surface area contributed by atoms with Gasteiger partial charge in [0, 0.05) is 31.7 Å². The van der Waals surface area contributed by atoms with E-state index in [-0.39, 0.29) is 12.0 Å². The van der Waals surface area contributed by atoms with Crippen LogP contribution in [0.4, 0.5) is 4.79 Å².